The first-order valence-electron chi connectivity index (χ1n) is 7.57. The van der Waals surface area contributed by atoms with Crippen molar-refractivity contribution in [3.05, 3.63) is 53.8 Å². The van der Waals surface area contributed by atoms with Gasteiger partial charge in [0.05, 0.1) is 11.9 Å². The van der Waals surface area contributed by atoms with Crippen molar-refractivity contribution in [3.8, 4) is 11.4 Å². The van der Waals surface area contributed by atoms with Crippen molar-refractivity contribution in [1.29, 1.82) is 0 Å². The molecule has 3 rings (SSSR count). The van der Waals surface area contributed by atoms with E-state index in [-0.39, 0.29) is 6.04 Å². The van der Waals surface area contributed by atoms with E-state index in [4.69, 9.17) is 11.6 Å². The van der Waals surface area contributed by atoms with Gasteiger partial charge in [-0.1, -0.05) is 41.9 Å². The number of anilines is 3. The summed E-state index contributed by atoms with van der Waals surface area (Å²) in [5.41, 5.74) is 1.67. The molecule has 0 bridgehead atoms. The lowest BCUT2D eigenvalue weighted by Gasteiger charge is -2.12. The van der Waals surface area contributed by atoms with Crippen LogP contribution in [0.1, 0.15) is 13.8 Å². The summed E-state index contributed by atoms with van der Waals surface area (Å²) in [6, 6.07) is 13.5. The number of pyridine rings is 1. The van der Waals surface area contributed by atoms with Crippen LogP contribution >= 0.6 is 11.6 Å². The van der Waals surface area contributed by atoms with Gasteiger partial charge in [-0.3, -0.25) is 0 Å². The summed E-state index contributed by atoms with van der Waals surface area (Å²) < 4.78 is 0. The molecule has 24 heavy (non-hydrogen) atoms. The third-order valence-electron chi connectivity index (χ3n) is 3.07. The molecular formula is C17H17ClN6. The predicted octanol–water partition coefficient (Wildman–Crippen LogP) is 4.15. The molecule has 2 aromatic heterocycles. The Hall–Kier alpha value is -2.73. The van der Waals surface area contributed by atoms with E-state index in [0.717, 1.165) is 11.3 Å². The number of nitrogens with zero attached hydrogens (tertiary/aromatic N) is 4. The van der Waals surface area contributed by atoms with E-state index >= 15 is 0 Å². The van der Waals surface area contributed by atoms with Gasteiger partial charge in [-0.25, -0.2) is 4.98 Å². The van der Waals surface area contributed by atoms with Crippen LogP contribution in [-0.2, 0) is 0 Å². The SMILES string of the molecule is CC(C)Nc1nc(Nc2ccc(Cl)nc2)nc(-c2ccccc2)n1. The van der Waals surface area contributed by atoms with E-state index in [1.54, 1.807) is 12.3 Å². The van der Waals surface area contributed by atoms with Crippen molar-refractivity contribution >= 4 is 29.2 Å². The molecule has 6 nitrogen and oxygen atoms in total. The third-order valence-corrected chi connectivity index (χ3v) is 3.29. The first kappa shape index (κ1) is 16.1. The Morgan fingerprint density at radius 3 is 2.33 bits per heavy atom. The third kappa shape index (κ3) is 4.17. The maximum atomic E-state index is 5.81. The summed E-state index contributed by atoms with van der Waals surface area (Å²) in [6.45, 7) is 4.06. The van der Waals surface area contributed by atoms with Crippen molar-refractivity contribution in [2.45, 2.75) is 19.9 Å². The highest BCUT2D eigenvalue weighted by molar-refractivity contribution is 6.29. The number of benzene rings is 1. The molecule has 0 amide bonds. The van der Waals surface area contributed by atoms with Gasteiger partial charge in [0.25, 0.3) is 0 Å². The first-order chi connectivity index (χ1) is 11.6. The molecule has 0 saturated heterocycles. The zero-order valence-corrected chi connectivity index (χ0v) is 14.1. The standard InChI is InChI=1S/C17H17ClN6/c1-11(2)20-16-22-15(12-6-4-3-5-7-12)23-17(24-16)21-13-8-9-14(18)19-10-13/h3-11H,1-2H3,(H2,20,21,22,23,24). The van der Waals surface area contributed by atoms with Gasteiger partial charge in [0.15, 0.2) is 5.82 Å². The zero-order valence-electron chi connectivity index (χ0n) is 13.4. The Morgan fingerprint density at radius 1 is 0.917 bits per heavy atom. The second-order valence-electron chi connectivity index (χ2n) is 5.47. The van der Waals surface area contributed by atoms with E-state index in [0.29, 0.717) is 22.9 Å². The molecule has 0 saturated carbocycles. The maximum absolute atomic E-state index is 5.81. The number of halogens is 1. The van der Waals surface area contributed by atoms with Crippen LogP contribution < -0.4 is 10.6 Å². The van der Waals surface area contributed by atoms with Gasteiger partial charge in [0, 0.05) is 11.6 Å². The van der Waals surface area contributed by atoms with Gasteiger partial charge in [0.1, 0.15) is 5.15 Å². The van der Waals surface area contributed by atoms with Crippen LogP contribution in [0.4, 0.5) is 17.6 Å². The Bertz CT molecular complexity index is 805. The molecule has 7 heteroatoms. The summed E-state index contributed by atoms with van der Waals surface area (Å²) in [5, 5.41) is 6.78. The lowest BCUT2D eigenvalue weighted by Crippen LogP contribution is -2.14. The van der Waals surface area contributed by atoms with Crippen molar-refractivity contribution < 1.29 is 0 Å². The lowest BCUT2D eigenvalue weighted by atomic mass is 10.2. The molecule has 0 fully saturated rings. The Labute approximate surface area is 145 Å². The normalized spacial score (nSPS) is 10.7. The Morgan fingerprint density at radius 2 is 1.67 bits per heavy atom. The van der Waals surface area contributed by atoms with Crippen LogP contribution in [0.2, 0.25) is 5.15 Å². The second kappa shape index (κ2) is 7.23. The van der Waals surface area contributed by atoms with Gasteiger partial charge < -0.3 is 10.6 Å². The molecular weight excluding hydrogens is 324 g/mol. The van der Waals surface area contributed by atoms with Crippen molar-refractivity contribution in [1.82, 2.24) is 19.9 Å². The van der Waals surface area contributed by atoms with E-state index in [2.05, 4.69) is 30.6 Å². The highest BCUT2D eigenvalue weighted by Crippen LogP contribution is 2.20. The molecule has 0 aliphatic carbocycles. The van der Waals surface area contributed by atoms with Crippen LogP contribution in [-0.4, -0.2) is 26.0 Å². The Balaban J connectivity index is 1.96. The smallest absolute Gasteiger partial charge is 0.232 e. The van der Waals surface area contributed by atoms with Crippen LogP contribution in [0, 0.1) is 0 Å². The number of hydrogen-bond acceptors (Lipinski definition) is 6. The average Bonchev–Trinajstić information content (AvgIpc) is 2.57. The minimum atomic E-state index is 0.209. The van der Waals surface area contributed by atoms with Crippen LogP contribution in [0.3, 0.4) is 0 Å². The molecule has 2 N–H and O–H groups in total. The highest BCUT2D eigenvalue weighted by Gasteiger charge is 2.09. The van der Waals surface area contributed by atoms with E-state index in [1.165, 1.54) is 0 Å². The number of hydrogen-bond donors (Lipinski definition) is 2. The van der Waals surface area contributed by atoms with Crippen LogP contribution in [0.15, 0.2) is 48.7 Å². The topological polar surface area (TPSA) is 75.6 Å². The van der Waals surface area contributed by atoms with Gasteiger partial charge >= 0.3 is 0 Å². The van der Waals surface area contributed by atoms with Gasteiger partial charge in [-0.2, -0.15) is 15.0 Å². The molecule has 0 aliphatic heterocycles. The van der Waals surface area contributed by atoms with E-state index in [9.17, 15) is 0 Å². The molecule has 0 atom stereocenters. The molecule has 1 aromatic carbocycles. The van der Waals surface area contributed by atoms with Crippen molar-refractivity contribution in [2.75, 3.05) is 10.6 Å². The minimum absolute atomic E-state index is 0.209. The lowest BCUT2D eigenvalue weighted by molar-refractivity contribution is 0.869. The molecule has 0 aliphatic rings. The van der Waals surface area contributed by atoms with Gasteiger partial charge in [0.2, 0.25) is 11.9 Å². The Kier molecular flexibility index (Phi) is 4.86. The van der Waals surface area contributed by atoms with Crippen molar-refractivity contribution in [2.24, 2.45) is 0 Å². The van der Waals surface area contributed by atoms with Gasteiger partial charge in [-0.05, 0) is 26.0 Å². The number of rotatable bonds is 5. The average molecular weight is 341 g/mol. The van der Waals surface area contributed by atoms with E-state index < -0.39 is 0 Å². The molecule has 122 valence electrons. The summed E-state index contributed by atoms with van der Waals surface area (Å²) in [7, 11) is 0. The summed E-state index contributed by atoms with van der Waals surface area (Å²) >= 11 is 5.81. The summed E-state index contributed by atoms with van der Waals surface area (Å²) in [5.74, 6) is 1.55. The van der Waals surface area contributed by atoms with Gasteiger partial charge in [-0.15, -0.1) is 0 Å². The fourth-order valence-corrected chi connectivity index (χ4v) is 2.16. The number of aromatic nitrogens is 4. The minimum Gasteiger partial charge on any atom is -0.352 e. The van der Waals surface area contributed by atoms with E-state index in [1.807, 2.05) is 50.2 Å². The molecule has 0 radical (unpaired) electrons. The largest absolute Gasteiger partial charge is 0.352 e. The van der Waals surface area contributed by atoms with Crippen LogP contribution in [0.25, 0.3) is 11.4 Å². The second-order valence-corrected chi connectivity index (χ2v) is 5.85. The fraction of sp³-hybridized carbons (Fsp3) is 0.176. The summed E-state index contributed by atoms with van der Waals surface area (Å²) in [4.78, 5) is 17.4. The molecule has 0 spiro atoms. The maximum Gasteiger partial charge on any atom is 0.232 e. The highest BCUT2D eigenvalue weighted by atomic mass is 35.5. The quantitative estimate of drug-likeness (QED) is 0.679. The fourth-order valence-electron chi connectivity index (χ4n) is 2.05. The van der Waals surface area contributed by atoms with Crippen molar-refractivity contribution in [3.63, 3.8) is 0 Å². The molecule has 0 unspecified atom stereocenters. The number of nitrogens with one attached hydrogen (secondary N) is 2. The zero-order chi connectivity index (χ0) is 16.9. The molecule has 2 heterocycles. The molecule has 3 aromatic rings. The summed E-state index contributed by atoms with van der Waals surface area (Å²) in [6.07, 6.45) is 1.63. The first-order valence-corrected chi connectivity index (χ1v) is 7.94. The monoisotopic (exact) mass is 340 g/mol. The van der Waals surface area contributed by atoms with Crippen LogP contribution in [0.5, 0.6) is 0 Å². The predicted molar refractivity (Wildman–Crippen MR) is 96.6 cm³/mol.